The Hall–Kier alpha value is -1.94. The van der Waals surface area contributed by atoms with E-state index in [-0.39, 0.29) is 18.1 Å². The molecule has 5 heteroatoms. The first-order valence-corrected chi connectivity index (χ1v) is 7.92. The van der Waals surface area contributed by atoms with Crippen molar-refractivity contribution in [1.82, 2.24) is 14.8 Å². The van der Waals surface area contributed by atoms with E-state index in [1.165, 1.54) is 0 Å². The molecule has 1 aromatic carbocycles. The van der Waals surface area contributed by atoms with Gasteiger partial charge in [0.2, 0.25) is 0 Å². The Labute approximate surface area is 135 Å². The topological polar surface area (TPSA) is 37.3 Å². The monoisotopic (exact) mass is 317 g/mol. The molecule has 2 amide bonds. The number of amides is 2. The van der Waals surface area contributed by atoms with Crippen LogP contribution in [-0.4, -0.2) is 28.1 Å². The Bertz CT molecular complexity index is 680. The molecular weight excluding hydrogens is 298 g/mol. The number of nitrogens with zero attached hydrogens (tertiary/aromatic N) is 2. The number of halogens is 1. The summed E-state index contributed by atoms with van der Waals surface area (Å²) in [5.41, 5.74) is 2.06. The van der Waals surface area contributed by atoms with Gasteiger partial charge in [0.25, 0.3) is 0 Å². The highest BCUT2D eigenvalue weighted by molar-refractivity contribution is 6.31. The lowest BCUT2D eigenvalue weighted by Crippen LogP contribution is -2.49. The van der Waals surface area contributed by atoms with E-state index in [1.54, 1.807) is 0 Å². The van der Waals surface area contributed by atoms with Crippen molar-refractivity contribution in [3.05, 3.63) is 58.9 Å². The van der Waals surface area contributed by atoms with Gasteiger partial charge >= 0.3 is 6.03 Å². The molecular formula is C17H20ClN3O. The molecule has 3 rings (SSSR count). The first-order valence-electron chi connectivity index (χ1n) is 7.54. The SMILES string of the molecule is CC(C)NC(=O)N1CCn2cccc2[C@H]1c1ccccc1Cl. The third kappa shape index (κ3) is 2.71. The van der Waals surface area contributed by atoms with Crippen molar-refractivity contribution < 1.29 is 4.79 Å². The molecule has 1 aliphatic heterocycles. The Kier molecular flexibility index (Phi) is 4.12. The van der Waals surface area contributed by atoms with Crippen LogP contribution in [0.15, 0.2) is 42.6 Å². The summed E-state index contributed by atoms with van der Waals surface area (Å²) in [6.45, 7) is 5.40. The maximum absolute atomic E-state index is 12.6. The van der Waals surface area contributed by atoms with Crippen LogP contribution < -0.4 is 5.32 Å². The molecule has 0 unspecified atom stereocenters. The third-order valence-corrected chi connectivity index (χ3v) is 4.26. The molecule has 22 heavy (non-hydrogen) atoms. The molecule has 0 saturated carbocycles. The Morgan fingerprint density at radius 1 is 1.23 bits per heavy atom. The van der Waals surface area contributed by atoms with Crippen molar-refractivity contribution in [3.8, 4) is 0 Å². The van der Waals surface area contributed by atoms with E-state index >= 15 is 0 Å². The summed E-state index contributed by atoms with van der Waals surface area (Å²) in [7, 11) is 0. The second-order valence-electron chi connectivity index (χ2n) is 5.85. The van der Waals surface area contributed by atoms with Gasteiger partial charge in [0.15, 0.2) is 0 Å². The van der Waals surface area contributed by atoms with Gasteiger partial charge in [-0.15, -0.1) is 0 Å². The number of carbonyl (C=O) groups is 1. The summed E-state index contributed by atoms with van der Waals surface area (Å²) in [5, 5.41) is 3.67. The minimum atomic E-state index is -0.156. The molecule has 2 heterocycles. The largest absolute Gasteiger partial charge is 0.348 e. The Morgan fingerprint density at radius 2 is 2.00 bits per heavy atom. The van der Waals surface area contributed by atoms with Crippen LogP contribution in [0.5, 0.6) is 0 Å². The molecule has 1 N–H and O–H groups in total. The summed E-state index contributed by atoms with van der Waals surface area (Å²) in [5.74, 6) is 0. The van der Waals surface area contributed by atoms with E-state index in [9.17, 15) is 4.79 Å². The van der Waals surface area contributed by atoms with E-state index in [2.05, 4.69) is 22.1 Å². The molecule has 0 spiro atoms. The van der Waals surface area contributed by atoms with Crippen LogP contribution in [0.25, 0.3) is 0 Å². The number of rotatable bonds is 2. The van der Waals surface area contributed by atoms with Crippen LogP contribution in [0, 0.1) is 0 Å². The molecule has 2 aromatic rings. The fourth-order valence-corrected chi connectivity index (χ4v) is 3.20. The summed E-state index contributed by atoms with van der Waals surface area (Å²) < 4.78 is 2.19. The predicted octanol–water partition coefficient (Wildman–Crippen LogP) is 3.66. The van der Waals surface area contributed by atoms with Crippen LogP contribution in [-0.2, 0) is 6.54 Å². The predicted molar refractivity (Wildman–Crippen MR) is 88.1 cm³/mol. The van der Waals surface area contributed by atoms with Crippen molar-refractivity contribution in [2.75, 3.05) is 6.54 Å². The molecule has 1 atom stereocenters. The van der Waals surface area contributed by atoms with Crippen molar-refractivity contribution in [1.29, 1.82) is 0 Å². The van der Waals surface area contributed by atoms with Crippen LogP contribution in [0.4, 0.5) is 4.79 Å². The van der Waals surface area contributed by atoms with Gasteiger partial charge in [-0.05, 0) is 37.6 Å². The van der Waals surface area contributed by atoms with E-state index in [4.69, 9.17) is 11.6 Å². The number of fused-ring (bicyclic) bond motifs is 1. The lowest BCUT2D eigenvalue weighted by Gasteiger charge is -2.38. The summed E-state index contributed by atoms with van der Waals surface area (Å²) in [6, 6.07) is 11.7. The van der Waals surface area contributed by atoms with Crippen LogP contribution >= 0.6 is 11.6 Å². The molecule has 0 fully saturated rings. The highest BCUT2D eigenvalue weighted by Gasteiger charge is 2.33. The molecule has 1 aromatic heterocycles. The van der Waals surface area contributed by atoms with Crippen molar-refractivity contribution >= 4 is 17.6 Å². The fraction of sp³-hybridized carbons (Fsp3) is 0.353. The summed E-state index contributed by atoms with van der Waals surface area (Å²) in [6.07, 6.45) is 2.05. The van der Waals surface area contributed by atoms with Gasteiger partial charge in [0.05, 0.1) is 0 Å². The first kappa shape index (κ1) is 15.0. The zero-order valence-corrected chi connectivity index (χ0v) is 13.5. The van der Waals surface area contributed by atoms with E-state index in [0.29, 0.717) is 11.6 Å². The molecule has 0 aliphatic carbocycles. The minimum Gasteiger partial charge on any atom is -0.348 e. The molecule has 0 bridgehead atoms. The average molecular weight is 318 g/mol. The van der Waals surface area contributed by atoms with Gasteiger partial charge in [0.1, 0.15) is 6.04 Å². The van der Waals surface area contributed by atoms with E-state index in [1.807, 2.05) is 49.1 Å². The number of hydrogen-bond donors (Lipinski definition) is 1. The Balaban J connectivity index is 2.04. The normalized spacial score (nSPS) is 17.5. The first-order chi connectivity index (χ1) is 10.6. The van der Waals surface area contributed by atoms with Crippen molar-refractivity contribution in [3.63, 3.8) is 0 Å². The summed E-state index contributed by atoms with van der Waals surface area (Å²) >= 11 is 6.40. The maximum Gasteiger partial charge on any atom is 0.318 e. The number of nitrogens with one attached hydrogen (secondary N) is 1. The fourth-order valence-electron chi connectivity index (χ4n) is 2.96. The second kappa shape index (κ2) is 6.05. The molecule has 4 nitrogen and oxygen atoms in total. The molecule has 0 saturated heterocycles. The van der Waals surface area contributed by atoms with Gasteiger partial charge in [-0.2, -0.15) is 0 Å². The zero-order valence-electron chi connectivity index (χ0n) is 12.8. The van der Waals surface area contributed by atoms with Gasteiger partial charge in [-0.3, -0.25) is 0 Å². The molecule has 116 valence electrons. The second-order valence-corrected chi connectivity index (χ2v) is 6.26. The Morgan fingerprint density at radius 3 is 2.73 bits per heavy atom. The van der Waals surface area contributed by atoms with Gasteiger partial charge in [-0.25, -0.2) is 4.79 Å². The smallest absolute Gasteiger partial charge is 0.318 e. The quantitative estimate of drug-likeness (QED) is 0.901. The zero-order chi connectivity index (χ0) is 15.7. The highest BCUT2D eigenvalue weighted by atomic mass is 35.5. The number of urea groups is 1. The number of carbonyl (C=O) groups excluding carboxylic acids is 1. The number of benzene rings is 1. The van der Waals surface area contributed by atoms with Crippen LogP contribution in [0.3, 0.4) is 0 Å². The van der Waals surface area contributed by atoms with Gasteiger partial charge in [-0.1, -0.05) is 29.8 Å². The van der Waals surface area contributed by atoms with E-state index in [0.717, 1.165) is 17.8 Å². The van der Waals surface area contributed by atoms with Crippen LogP contribution in [0.1, 0.15) is 31.1 Å². The lowest BCUT2D eigenvalue weighted by molar-refractivity contribution is 0.166. The standard InChI is InChI=1S/C17H20ClN3O/c1-12(2)19-17(22)21-11-10-20-9-5-8-15(20)16(21)13-6-3-4-7-14(13)18/h3-9,12,16H,10-11H2,1-2H3,(H,19,22)/t16-/m1/s1. The highest BCUT2D eigenvalue weighted by Crippen LogP contribution is 2.35. The van der Waals surface area contributed by atoms with Gasteiger partial charge in [0, 0.05) is 36.0 Å². The molecule has 0 radical (unpaired) electrons. The van der Waals surface area contributed by atoms with E-state index < -0.39 is 0 Å². The summed E-state index contributed by atoms with van der Waals surface area (Å²) in [4.78, 5) is 14.5. The maximum atomic E-state index is 12.6. The number of aromatic nitrogens is 1. The number of hydrogen-bond acceptors (Lipinski definition) is 1. The van der Waals surface area contributed by atoms with Gasteiger partial charge < -0.3 is 14.8 Å². The molecule has 1 aliphatic rings. The average Bonchev–Trinajstić information content (AvgIpc) is 2.94. The third-order valence-electron chi connectivity index (χ3n) is 3.91. The van der Waals surface area contributed by atoms with Crippen molar-refractivity contribution in [2.24, 2.45) is 0 Å². The van der Waals surface area contributed by atoms with Crippen molar-refractivity contribution in [2.45, 2.75) is 32.5 Å². The van der Waals surface area contributed by atoms with Crippen LogP contribution in [0.2, 0.25) is 5.02 Å². The minimum absolute atomic E-state index is 0.0487. The lowest BCUT2D eigenvalue weighted by atomic mass is 10.00.